The zero-order chi connectivity index (χ0) is 20.1. The Morgan fingerprint density at radius 2 is 1.79 bits per heavy atom. The largest absolute Gasteiger partial charge is 0.324 e. The van der Waals surface area contributed by atoms with Gasteiger partial charge in [0.2, 0.25) is 17.7 Å². The minimum absolute atomic E-state index is 0.138. The topological polar surface area (TPSA) is 97.2 Å². The molecule has 2 heterocycles. The second kappa shape index (κ2) is 6.65. The molecule has 0 spiro atoms. The lowest BCUT2D eigenvalue weighted by atomic mass is 9.85. The fourth-order valence-electron chi connectivity index (χ4n) is 4.87. The Morgan fingerprint density at radius 3 is 2.38 bits per heavy atom. The molecule has 1 aromatic heterocycles. The first-order chi connectivity index (χ1) is 14.0. The number of nitrogens with one attached hydrogen (secondary N) is 1. The van der Waals surface area contributed by atoms with Crippen molar-refractivity contribution in [1.82, 2.24) is 19.7 Å². The number of hydrogen-bond acceptors (Lipinski definition) is 5. The first-order valence-corrected chi connectivity index (χ1v) is 9.80. The molecule has 29 heavy (non-hydrogen) atoms. The molecule has 3 amide bonds. The van der Waals surface area contributed by atoms with Gasteiger partial charge in [-0.25, -0.2) is 9.67 Å². The van der Waals surface area contributed by atoms with Gasteiger partial charge in [0.15, 0.2) is 0 Å². The summed E-state index contributed by atoms with van der Waals surface area (Å²) >= 11 is 0. The maximum Gasteiger partial charge on any atom is 0.247 e. The molecule has 2 aliphatic carbocycles. The van der Waals surface area contributed by atoms with Gasteiger partial charge in [-0.05, 0) is 42.9 Å². The van der Waals surface area contributed by atoms with Gasteiger partial charge in [-0.15, -0.1) is 0 Å². The van der Waals surface area contributed by atoms with Crippen LogP contribution in [0.5, 0.6) is 0 Å². The number of nitrogens with zero attached hydrogens (tertiary/aromatic N) is 4. The monoisotopic (exact) mass is 391 g/mol. The smallest absolute Gasteiger partial charge is 0.247 e. The van der Waals surface area contributed by atoms with E-state index < -0.39 is 6.04 Å². The summed E-state index contributed by atoms with van der Waals surface area (Å²) in [5.41, 5.74) is 1.63. The third-order valence-electron chi connectivity index (χ3n) is 6.30. The Bertz CT molecular complexity index is 968. The van der Waals surface area contributed by atoms with Crippen LogP contribution < -0.4 is 5.32 Å². The third kappa shape index (κ3) is 2.86. The minimum atomic E-state index is -0.838. The van der Waals surface area contributed by atoms with Crippen LogP contribution in [0.4, 0.5) is 5.69 Å². The molecule has 8 nitrogen and oxygen atoms in total. The van der Waals surface area contributed by atoms with E-state index in [9.17, 15) is 14.4 Å². The van der Waals surface area contributed by atoms with Gasteiger partial charge < -0.3 is 5.32 Å². The number of benzene rings is 1. The molecule has 5 rings (SSSR count). The number of rotatable bonds is 5. The lowest BCUT2D eigenvalue weighted by Crippen LogP contribution is -2.46. The molecule has 1 aliphatic heterocycles. The van der Waals surface area contributed by atoms with E-state index in [-0.39, 0.29) is 41.4 Å². The molecule has 1 saturated carbocycles. The van der Waals surface area contributed by atoms with Gasteiger partial charge in [-0.2, -0.15) is 5.10 Å². The number of fused-ring (bicyclic) bond motifs is 5. The Labute approximate surface area is 167 Å². The van der Waals surface area contributed by atoms with E-state index in [1.807, 2.05) is 24.3 Å². The number of anilines is 1. The number of imide groups is 1. The molecule has 148 valence electrons. The lowest BCUT2D eigenvalue weighted by molar-refractivity contribution is -0.146. The van der Waals surface area contributed by atoms with Gasteiger partial charge in [0, 0.05) is 5.69 Å². The second-order valence-electron chi connectivity index (χ2n) is 8.00. The van der Waals surface area contributed by atoms with E-state index in [0.717, 1.165) is 12.0 Å². The summed E-state index contributed by atoms with van der Waals surface area (Å²) in [5, 5.41) is 6.88. The van der Waals surface area contributed by atoms with Gasteiger partial charge >= 0.3 is 0 Å². The van der Waals surface area contributed by atoms with Crippen molar-refractivity contribution in [1.29, 1.82) is 0 Å². The second-order valence-corrected chi connectivity index (χ2v) is 8.00. The molecular formula is C21H21N5O3. The summed E-state index contributed by atoms with van der Waals surface area (Å²) in [6.07, 6.45) is 8.09. The molecule has 1 aromatic carbocycles. The number of amides is 3. The molecule has 0 radical (unpaired) electrons. The molecule has 8 heteroatoms. The van der Waals surface area contributed by atoms with Crippen LogP contribution in [-0.2, 0) is 20.9 Å². The fraction of sp³-hybridized carbons (Fsp3) is 0.381. The highest BCUT2D eigenvalue weighted by Gasteiger charge is 2.60. The van der Waals surface area contributed by atoms with Crippen LogP contribution in [0.25, 0.3) is 0 Å². The predicted molar refractivity (Wildman–Crippen MR) is 103 cm³/mol. The Kier molecular flexibility index (Phi) is 4.08. The molecular weight excluding hydrogens is 370 g/mol. The Hall–Kier alpha value is -3.29. The SMILES string of the molecule is C[C@H](C(=O)Nc1ccc(Cn2cncn2)cc1)N1C(=O)[C@H]2[C@H](C1=O)[C@H]1C=C[C@H]2C1. The van der Waals surface area contributed by atoms with E-state index in [0.29, 0.717) is 12.2 Å². The number of likely N-dealkylation sites (tertiary alicyclic amines) is 1. The minimum Gasteiger partial charge on any atom is -0.324 e. The number of carbonyl (C=O) groups excluding carboxylic acids is 3. The van der Waals surface area contributed by atoms with E-state index >= 15 is 0 Å². The molecule has 0 unspecified atom stereocenters. The molecule has 2 aromatic rings. The quantitative estimate of drug-likeness (QED) is 0.615. The first kappa shape index (κ1) is 17.8. The van der Waals surface area contributed by atoms with Gasteiger partial charge in [0.05, 0.1) is 18.4 Å². The fourth-order valence-corrected chi connectivity index (χ4v) is 4.87. The summed E-state index contributed by atoms with van der Waals surface area (Å²) in [7, 11) is 0. The van der Waals surface area contributed by atoms with Gasteiger partial charge in [-0.1, -0.05) is 24.3 Å². The summed E-state index contributed by atoms with van der Waals surface area (Å²) in [4.78, 5) is 43.5. The maximum absolute atomic E-state index is 12.9. The summed E-state index contributed by atoms with van der Waals surface area (Å²) in [5.74, 6) is -1.08. The molecule has 5 atom stereocenters. The van der Waals surface area contributed by atoms with Crippen LogP contribution in [0.15, 0.2) is 49.1 Å². The van der Waals surface area contributed by atoms with E-state index in [2.05, 4.69) is 15.4 Å². The zero-order valence-corrected chi connectivity index (χ0v) is 15.9. The predicted octanol–water partition coefficient (Wildman–Crippen LogP) is 1.46. The summed E-state index contributed by atoms with van der Waals surface area (Å²) in [6, 6.07) is 6.53. The van der Waals surface area contributed by atoms with E-state index in [1.165, 1.54) is 11.2 Å². The first-order valence-electron chi connectivity index (χ1n) is 9.80. The van der Waals surface area contributed by atoms with Crippen molar-refractivity contribution in [2.45, 2.75) is 25.9 Å². The molecule has 2 fully saturated rings. The highest BCUT2D eigenvalue weighted by Crippen LogP contribution is 2.52. The third-order valence-corrected chi connectivity index (χ3v) is 6.30. The van der Waals surface area contributed by atoms with Gasteiger partial charge in [-0.3, -0.25) is 19.3 Å². The maximum atomic E-state index is 12.9. The number of carbonyl (C=O) groups is 3. The number of hydrogen-bond donors (Lipinski definition) is 1. The van der Waals surface area contributed by atoms with Crippen molar-refractivity contribution in [3.63, 3.8) is 0 Å². The normalized spacial score (nSPS) is 28.1. The molecule has 2 bridgehead atoms. The van der Waals surface area contributed by atoms with Gasteiger partial charge in [0.1, 0.15) is 18.7 Å². The summed E-state index contributed by atoms with van der Waals surface area (Å²) < 4.78 is 1.71. The van der Waals surface area contributed by atoms with Crippen LogP contribution in [0.1, 0.15) is 18.9 Å². The van der Waals surface area contributed by atoms with Crippen LogP contribution in [0.3, 0.4) is 0 Å². The zero-order valence-electron chi connectivity index (χ0n) is 15.9. The molecule has 1 saturated heterocycles. The van der Waals surface area contributed by atoms with Crippen LogP contribution in [0.2, 0.25) is 0 Å². The van der Waals surface area contributed by atoms with Crippen molar-refractivity contribution >= 4 is 23.4 Å². The Morgan fingerprint density at radius 1 is 1.14 bits per heavy atom. The van der Waals surface area contributed by atoms with Gasteiger partial charge in [0.25, 0.3) is 0 Å². The van der Waals surface area contributed by atoms with Crippen molar-refractivity contribution in [3.05, 3.63) is 54.6 Å². The van der Waals surface area contributed by atoms with Crippen LogP contribution >= 0.6 is 0 Å². The van der Waals surface area contributed by atoms with Crippen LogP contribution in [0, 0.1) is 23.7 Å². The highest BCUT2D eigenvalue weighted by molar-refractivity contribution is 6.10. The van der Waals surface area contributed by atoms with E-state index in [4.69, 9.17) is 0 Å². The summed E-state index contributed by atoms with van der Waals surface area (Å²) in [6.45, 7) is 2.20. The van der Waals surface area contributed by atoms with Crippen molar-refractivity contribution in [3.8, 4) is 0 Å². The Balaban J connectivity index is 1.25. The number of aromatic nitrogens is 3. The molecule has 3 aliphatic rings. The lowest BCUT2D eigenvalue weighted by Gasteiger charge is -2.23. The van der Waals surface area contributed by atoms with Crippen molar-refractivity contribution in [2.24, 2.45) is 23.7 Å². The highest BCUT2D eigenvalue weighted by atomic mass is 16.2. The average Bonchev–Trinajstić information content (AvgIpc) is 3.49. The van der Waals surface area contributed by atoms with Crippen molar-refractivity contribution < 1.29 is 14.4 Å². The standard InChI is InChI=1S/C21H21N5O3/c1-12(26-20(28)17-14-4-5-15(8-14)18(17)21(26)29)19(27)24-16-6-2-13(3-7-16)9-25-11-22-10-23-25/h2-7,10-12,14-15,17-18H,8-9H2,1H3,(H,24,27)/t12-,14+,15+,17-,18-/m1/s1. The van der Waals surface area contributed by atoms with Crippen LogP contribution in [-0.4, -0.2) is 43.4 Å². The number of allylic oxidation sites excluding steroid dienone is 2. The average molecular weight is 391 g/mol. The molecule has 1 N–H and O–H groups in total. The van der Waals surface area contributed by atoms with Crippen molar-refractivity contribution in [2.75, 3.05) is 5.32 Å². The van der Waals surface area contributed by atoms with E-state index in [1.54, 1.807) is 30.1 Å².